The summed E-state index contributed by atoms with van der Waals surface area (Å²) in [5.41, 5.74) is 3.26. The Morgan fingerprint density at radius 2 is 1.72 bits per heavy atom. The SMILES string of the molecule is CCOc1ccccc1NC(=O)C1=C(C)Nc2nc(SCc3ccccc3Cl)nn2C1c1cc(OC)c(OC)c(OC)c1. The molecule has 4 aromatic rings. The van der Waals surface area contributed by atoms with Gasteiger partial charge in [0.15, 0.2) is 11.5 Å². The number of nitrogens with zero attached hydrogens (tertiary/aromatic N) is 3. The van der Waals surface area contributed by atoms with Crippen molar-refractivity contribution in [1.82, 2.24) is 14.8 Å². The Morgan fingerprint density at radius 3 is 2.40 bits per heavy atom. The lowest BCUT2D eigenvalue weighted by Crippen LogP contribution is -2.31. The smallest absolute Gasteiger partial charge is 0.255 e. The number of carbonyl (C=O) groups excluding carboxylic acids is 1. The van der Waals surface area contributed by atoms with Crippen LogP contribution < -0.4 is 29.6 Å². The summed E-state index contributed by atoms with van der Waals surface area (Å²) in [6.45, 7) is 4.19. The number of allylic oxidation sites excluding steroid dienone is 1. The topological polar surface area (TPSA) is 109 Å². The minimum absolute atomic E-state index is 0.331. The van der Waals surface area contributed by atoms with Crippen molar-refractivity contribution < 1.29 is 23.7 Å². The number of para-hydroxylation sites is 2. The number of ether oxygens (including phenoxy) is 4. The van der Waals surface area contributed by atoms with Gasteiger partial charge in [-0.2, -0.15) is 4.98 Å². The number of carbonyl (C=O) groups is 1. The average molecular weight is 622 g/mol. The first kappa shape index (κ1) is 30.1. The van der Waals surface area contributed by atoms with Crippen molar-refractivity contribution in [2.45, 2.75) is 30.8 Å². The van der Waals surface area contributed by atoms with Crippen LogP contribution in [0.25, 0.3) is 0 Å². The van der Waals surface area contributed by atoms with Crippen molar-refractivity contribution in [1.29, 1.82) is 0 Å². The zero-order valence-electron chi connectivity index (χ0n) is 24.4. The number of anilines is 2. The second-order valence-electron chi connectivity index (χ2n) is 9.45. The molecule has 1 unspecified atom stereocenters. The molecule has 0 aliphatic carbocycles. The van der Waals surface area contributed by atoms with Crippen LogP contribution in [0.1, 0.15) is 31.0 Å². The van der Waals surface area contributed by atoms with E-state index in [1.54, 1.807) is 32.1 Å². The fraction of sp³-hybridized carbons (Fsp3) is 0.258. The molecule has 10 nitrogen and oxygen atoms in total. The number of rotatable bonds is 11. The summed E-state index contributed by atoms with van der Waals surface area (Å²) in [7, 11) is 4.64. The molecule has 0 saturated heterocycles. The average Bonchev–Trinajstić information content (AvgIpc) is 3.42. The molecule has 1 aliphatic heterocycles. The maximum absolute atomic E-state index is 14.1. The molecule has 3 aromatic carbocycles. The van der Waals surface area contributed by atoms with E-state index in [1.807, 2.05) is 68.4 Å². The molecule has 1 amide bonds. The number of amides is 1. The minimum atomic E-state index is -0.689. The van der Waals surface area contributed by atoms with Crippen molar-refractivity contribution in [2.75, 3.05) is 38.6 Å². The van der Waals surface area contributed by atoms with Gasteiger partial charge in [0.2, 0.25) is 16.9 Å². The number of aromatic nitrogens is 3. The number of hydrogen-bond acceptors (Lipinski definition) is 9. The van der Waals surface area contributed by atoms with Crippen LogP contribution in [0.2, 0.25) is 5.02 Å². The van der Waals surface area contributed by atoms with Crippen molar-refractivity contribution >= 4 is 40.9 Å². The summed E-state index contributed by atoms with van der Waals surface area (Å²) in [6.07, 6.45) is 0. The Labute approximate surface area is 259 Å². The summed E-state index contributed by atoms with van der Waals surface area (Å²) < 4.78 is 24.3. The monoisotopic (exact) mass is 621 g/mol. The van der Waals surface area contributed by atoms with Gasteiger partial charge in [0.1, 0.15) is 11.8 Å². The Bertz CT molecular complexity index is 1650. The van der Waals surface area contributed by atoms with E-state index < -0.39 is 6.04 Å². The molecule has 0 spiro atoms. The third-order valence-electron chi connectivity index (χ3n) is 6.83. The number of thioether (sulfide) groups is 1. The maximum Gasteiger partial charge on any atom is 0.255 e. The Hall–Kier alpha value is -4.35. The van der Waals surface area contributed by atoms with E-state index in [9.17, 15) is 4.79 Å². The van der Waals surface area contributed by atoms with Gasteiger partial charge in [0.05, 0.1) is 39.2 Å². The lowest BCUT2D eigenvalue weighted by atomic mass is 9.94. The van der Waals surface area contributed by atoms with E-state index in [0.717, 1.165) is 5.56 Å². The van der Waals surface area contributed by atoms with Crippen LogP contribution in [0.4, 0.5) is 11.6 Å². The highest BCUT2D eigenvalue weighted by molar-refractivity contribution is 7.98. The van der Waals surface area contributed by atoms with Crippen molar-refractivity contribution in [3.63, 3.8) is 0 Å². The van der Waals surface area contributed by atoms with Crippen LogP contribution in [0, 0.1) is 0 Å². The Morgan fingerprint density at radius 1 is 1.02 bits per heavy atom. The highest BCUT2D eigenvalue weighted by Crippen LogP contribution is 2.44. The molecular formula is C31H32ClN5O5S. The van der Waals surface area contributed by atoms with E-state index in [4.69, 9.17) is 40.6 Å². The first-order valence-corrected chi connectivity index (χ1v) is 14.9. The largest absolute Gasteiger partial charge is 0.493 e. The number of benzene rings is 3. The fourth-order valence-electron chi connectivity index (χ4n) is 4.85. The van der Waals surface area contributed by atoms with Gasteiger partial charge in [-0.25, -0.2) is 4.68 Å². The van der Waals surface area contributed by atoms with Crippen LogP contribution in [0.5, 0.6) is 23.0 Å². The maximum atomic E-state index is 14.1. The summed E-state index contributed by atoms with van der Waals surface area (Å²) in [5.74, 6) is 2.64. The van der Waals surface area contributed by atoms with Gasteiger partial charge in [0, 0.05) is 16.5 Å². The van der Waals surface area contributed by atoms with Crippen LogP contribution >= 0.6 is 23.4 Å². The van der Waals surface area contributed by atoms with Gasteiger partial charge in [-0.1, -0.05) is 53.7 Å². The third-order valence-corrected chi connectivity index (χ3v) is 8.09. The number of methoxy groups -OCH3 is 3. The van der Waals surface area contributed by atoms with Crippen LogP contribution in [-0.4, -0.2) is 48.6 Å². The Balaban J connectivity index is 1.58. The van der Waals surface area contributed by atoms with Crippen molar-refractivity contribution in [3.05, 3.63) is 88.1 Å². The highest BCUT2D eigenvalue weighted by atomic mass is 35.5. The zero-order valence-corrected chi connectivity index (χ0v) is 26.0. The molecular weight excluding hydrogens is 590 g/mol. The molecule has 0 saturated carbocycles. The van der Waals surface area contributed by atoms with E-state index in [2.05, 4.69) is 10.6 Å². The summed E-state index contributed by atoms with van der Waals surface area (Å²) in [5, 5.41) is 12.4. The first-order valence-electron chi connectivity index (χ1n) is 13.5. The van der Waals surface area contributed by atoms with Crippen LogP contribution in [0.3, 0.4) is 0 Å². The lowest BCUT2D eigenvalue weighted by Gasteiger charge is -2.29. The molecule has 2 heterocycles. The molecule has 0 fully saturated rings. The van der Waals surface area contributed by atoms with Crippen LogP contribution in [0.15, 0.2) is 77.1 Å². The van der Waals surface area contributed by atoms with Crippen molar-refractivity contribution in [3.8, 4) is 23.0 Å². The van der Waals surface area contributed by atoms with Gasteiger partial charge >= 0.3 is 0 Å². The molecule has 12 heteroatoms. The predicted octanol–water partition coefficient (Wildman–Crippen LogP) is 6.58. The number of nitrogens with one attached hydrogen (secondary N) is 2. The highest BCUT2D eigenvalue weighted by Gasteiger charge is 2.36. The van der Waals surface area contributed by atoms with Gasteiger partial charge in [0.25, 0.3) is 5.91 Å². The van der Waals surface area contributed by atoms with E-state index >= 15 is 0 Å². The number of hydrogen-bond donors (Lipinski definition) is 2. The lowest BCUT2D eigenvalue weighted by molar-refractivity contribution is -0.113. The molecule has 1 atom stereocenters. The number of fused-ring (bicyclic) bond motifs is 1. The molecule has 1 aliphatic rings. The number of halogens is 1. The molecule has 43 heavy (non-hydrogen) atoms. The molecule has 1 aromatic heterocycles. The van der Waals surface area contributed by atoms with E-state index in [-0.39, 0.29) is 5.91 Å². The third kappa shape index (κ3) is 6.23. The normalized spacial score (nSPS) is 14.0. The molecule has 0 bridgehead atoms. The Kier molecular flexibility index (Phi) is 9.32. The standard InChI is InChI=1S/C31H32ClN5O5S/c1-6-42-23-14-10-9-13-22(23)34-29(38)26-18(2)33-30-35-31(43-17-19-11-7-8-12-21(19)32)36-37(30)27(26)20-15-24(39-3)28(41-5)25(16-20)40-4/h7-16,27H,6,17H2,1-5H3,(H,34,38)(H,33,35,36). The van der Waals surface area contributed by atoms with Gasteiger partial charge in [-0.05, 0) is 55.3 Å². The molecule has 0 radical (unpaired) electrons. The first-order chi connectivity index (χ1) is 20.9. The van der Waals surface area contributed by atoms with Crippen LogP contribution in [-0.2, 0) is 10.5 Å². The predicted molar refractivity (Wildman–Crippen MR) is 168 cm³/mol. The molecule has 224 valence electrons. The van der Waals surface area contributed by atoms with E-state index in [0.29, 0.717) is 74.0 Å². The molecule has 2 N–H and O–H groups in total. The quantitative estimate of drug-likeness (QED) is 0.180. The van der Waals surface area contributed by atoms with Crippen molar-refractivity contribution in [2.24, 2.45) is 0 Å². The summed E-state index contributed by atoms with van der Waals surface area (Å²) >= 11 is 7.83. The van der Waals surface area contributed by atoms with Gasteiger partial charge < -0.3 is 29.6 Å². The van der Waals surface area contributed by atoms with Gasteiger partial charge in [-0.15, -0.1) is 5.10 Å². The second-order valence-corrected chi connectivity index (χ2v) is 10.8. The fourth-order valence-corrected chi connectivity index (χ4v) is 5.97. The zero-order chi connectivity index (χ0) is 30.5. The molecule has 5 rings (SSSR count). The summed E-state index contributed by atoms with van der Waals surface area (Å²) in [4.78, 5) is 18.8. The van der Waals surface area contributed by atoms with Gasteiger partial charge in [-0.3, -0.25) is 4.79 Å². The summed E-state index contributed by atoms with van der Waals surface area (Å²) in [6, 6.07) is 17.9. The minimum Gasteiger partial charge on any atom is -0.493 e. The second kappa shape index (κ2) is 13.3. The van der Waals surface area contributed by atoms with E-state index in [1.165, 1.54) is 11.8 Å².